The first-order valence-electron chi connectivity index (χ1n) is 9.61. The molecule has 0 aliphatic heterocycles. The van der Waals surface area contributed by atoms with Crippen LogP contribution in [-0.2, 0) is 0 Å². The zero-order valence-electron chi connectivity index (χ0n) is 16.9. The lowest BCUT2D eigenvalue weighted by Gasteiger charge is -2.10. The molecule has 1 aromatic heterocycles. The fourth-order valence-corrected chi connectivity index (χ4v) is 4.03. The van der Waals surface area contributed by atoms with Crippen molar-refractivity contribution in [1.29, 1.82) is 0 Å². The van der Waals surface area contributed by atoms with E-state index in [4.69, 9.17) is 11.6 Å². The average Bonchev–Trinajstić information content (AvgIpc) is 3.22. The standard InChI is InChI=1S/C23H17ClN4O3S/c1-15-2-4-17(5-3-15)22-25-26-23(27(22)19-12-8-18(24)9-13-19)32-14-21(29)16-6-10-20(11-7-16)28(30)31/h2-13H,14H2,1H3. The number of aromatic nitrogens is 3. The summed E-state index contributed by atoms with van der Waals surface area (Å²) < 4.78 is 1.88. The van der Waals surface area contributed by atoms with Gasteiger partial charge in [0.2, 0.25) is 0 Å². The number of rotatable bonds is 7. The molecule has 0 spiro atoms. The number of nitro benzene ring substituents is 1. The molecule has 9 heteroatoms. The molecule has 160 valence electrons. The molecule has 0 saturated carbocycles. The highest BCUT2D eigenvalue weighted by molar-refractivity contribution is 7.99. The summed E-state index contributed by atoms with van der Waals surface area (Å²) in [5.41, 5.74) is 3.19. The minimum Gasteiger partial charge on any atom is -0.293 e. The van der Waals surface area contributed by atoms with Crippen LogP contribution in [0.3, 0.4) is 0 Å². The van der Waals surface area contributed by atoms with E-state index in [2.05, 4.69) is 10.2 Å². The lowest BCUT2D eigenvalue weighted by molar-refractivity contribution is -0.384. The average molecular weight is 465 g/mol. The quantitative estimate of drug-likeness (QED) is 0.149. The van der Waals surface area contributed by atoms with E-state index in [-0.39, 0.29) is 17.2 Å². The molecule has 0 radical (unpaired) electrons. The van der Waals surface area contributed by atoms with E-state index in [1.807, 2.05) is 47.9 Å². The van der Waals surface area contributed by atoms with Crippen LogP contribution in [0.15, 0.2) is 78.0 Å². The first-order chi connectivity index (χ1) is 15.4. The molecule has 0 aliphatic rings. The van der Waals surface area contributed by atoms with E-state index in [0.29, 0.717) is 21.6 Å². The smallest absolute Gasteiger partial charge is 0.269 e. The number of carbonyl (C=O) groups excluding carboxylic acids is 1. The summed E-state index contributed by atoms with van der Waals surface area (Å²) in [4.78, 5) is 23.0. The Morgan fingerprint density at radius 2 is 1.66 bits per heavy atom. The summed E-state index contributed by atoms with van der Waals surface area (Å²) in [6.07, 6.45) is 0. The molecule has 0 bridgehead atoms. The highest BCUT2D eigenvalue weighted by atomic mass is 35.5. The maximum atomic E-state index is 12.6. The second kappa shape index (κ2) is 9.33. The predicted octanol–water partition coefficient (Wildman–Crippen LogP) is 5.78. The number of Topliss-reactive ketones (excluding diaryl/α,β-unsaturated/α-hetero) is 1. The van der Waals surface area contributed by atoms with Crippen LogP contribution >= 0.6 is 23.4 Å². The van der Waals surface area contributed by atoms with Crippen LogP contribution < -0.4 is 0 Å². The summed E-state index contributed by atoms with van der Waals surface area (Å²) >= 11 is 7.31. The summed E-state index contributed by atoms with van der Waals surface area (Å²) in [5.74, 6) is 0.599. The summed E-state index contributed by atoms with van der Waals surface area (Å²) in [6.45, 7) is 2.01. The summed E-state index contributed by atoms with van der Waals surface area (Å²) in [5, 5.41) is 20.7. The maximum Gasteiger partial charge on any atom is 0.269 e. The van der Waals surface area contributed by atoms with Crippen LogP contribution in [0.5, 0.6) is 0 Å². The van der Waals surface area contributed by atoms with Gasteiger partial charge in [0.1, 0.15) is 0 Å². The van der Waals surface area contributed by atoms with Crippen LogP contribution in [0.4, 0.5) is 5.69 Å². The topological polar surface area (TPSA) is 90.9 Å². The van der Waals surface area contributed by atoms with Crippen LogP contribution in [-0.4, -0.2) is 31.2 Å². The molecule has 4 aromatic rings. The zero-order valence-corrected chi connectivity index (χ0v) is 18.5. The molecule has 3 aromatic carbocycles. The van der Waals surface area contributed by atoms with Gasteiger partial charge in [0.25, 0.3) is 5.69 Å². The third kappa shape index (κ3) is 4.71. The molecule has 0 atom stereocenters. The van der Waals surface area contributed by atoms with Gasteiger partial charge in [0.05, 0.1) is 10.7 Å². The number of nitrogens with zero attached hydrogens (tertiary/aromatic N) is 4. The van der Waals surface area contributed by atoms with E-state index in [1.165, 1.54) is 36.0 Å². The van der Waals surface area contributed by atoms with Crippen molar-refractivity contribution in [1.82, 2.24) is 14.8 Å². The lowest BCUT2D eigenvalue weighted by Crippen LogP contribution is -2.05. The van der Waals surface area contributed by atoms with Crippen molar-refractivity contribution >= 4 is 34.8 Å². The largest absolute Gasteiger partial charge is 0.293 e. The Balaban J connectivity index is 1.63. The molecule has 0 saturated heterocycles. The van der Waals surface area contributed by atoms with E-state index in [9.17, 15) is 14.9 Å². The molecule has 0 unspecified atom stereocenters. The molecular formula is C23H17ClN4O3S. The van der Waals surface area contributed by atoms with Gasteiger partial charge in [-0.3, -0.25) is 19.5 Å². The van der Waals surface area contributed by atoms with Gasteiger partial charge in [-0.1, -0.05) is 53.2 Å². The molecule has 0 N–H and O–H groups in total. The number of thioether (sulfide) groups is 1. The fraction of sp³-hybridized carbons (Fsp3) is 0.0870. The van der Waals surface area contributed by atoms with E-state index >= 15 is 0 Å². The number of non-ortho nitro benzene ring substituents is 1. The van der Waals surface area contributed by atoms with Gasteiger partial charge in [-0.2, -0.15) is 0 Å². The van der Waals surface area contributed by atoms with E-state index in [0.717, 1.165) is 16.8 Å². The highest BCUT2D eigenvalue weighted by Crippen LogP contribution is 2.29. The second-order valence-electron chi connectivity index (χ2n) is 7.00. The molecule has 32 heavy (non-hydrogen) atoms. The van der Waals surface area contributed by atoms with Gasteiger partial charge < -0.3 is 0 Å². The molecular weight excluding hydrogens is 448 g/mol. The molecule has 1 heterocycles. The lowest BCUT2D eigenvalue weighted by atomic mass is 10.1. The zero-order chi connectivity index (χ0) is 22.7. The van der Waals surface area contributed by atoms with Crippen molar-refractivity contribution in [2.24, 2.45) is 0 Å². The maximum absolute atomic E-state index is 12.6. The number of hydrogen-bond acceptors (Lipinski definition) is 6. The van der Waals surface area contributed by atoms with Crippen molar-refractivity contribution in [2.75, 3.05) is 5.75 Å². The van der Waals surface area contributed by atoms with Crippen LogP contribution in [0, 0.1) is 17.0 Å². The monoisotopic (exact) mass is 464 g/mol. The van der Waals surface area contributed by atoms with Gasteiger partial charge in [-0.15, -0.1) is 10.2 Å². The SMILES string of the molecule is Cc1ccc(-c2nnc(SCC(=O)c3ccc([N+](=O)[O-])cc3)n2-c2ccc(Cl)cc2)cc1. The highest BCUT2D eigenvalue weighted by Gasteiger charge is 2.18. The number of hydrogen-bond donors (Lipinski definition) is 0. The molecule has 0 fully saturated rings. The Morgan fingerprint density at radius 1 is 1.00 bits per heavy atom. The van der Waals surface area contributed by atoms with Crippen LogP contribution in [0.2, 0.25) is 5.02 Å². The van der Waals surface area contributed by atoms with Crippen molar-refractivity contribution < 1.29 is 9.72 Å². The number of benzene rings is 3. The van der Waals surface area contributed by atoms with Crippen LogP contribution in [0.1, 0.15) is 15.9 Å². The summed E-state index contributed by atoms with van der Waals surface area (Å²) in [6, 6.07) is 20.8. The molecule has 7 nitrogen and oxygen atoms in total. The number of ketones is 1. The van der Waals surface area contributed by atoms with Crippen molar-refractivity contribution in [3.63, 3.8) is 0 Å². The first kappa shape index (κ1) is 21.7. The van der Waals surface area contributed by atoms with E-state index in [1.54, 1.807) is 12.1 Å². The molecule has 4 rings (SSSR count). The predicted molar refractivity (Wildman–Crippen MR) is 125 cm³/mol. The Kier molecular flexibility index (Phi) is 6.34. The van der Waals surface area contributed by atoms with Crippen molar-refractivity contribution in [3.05, 3.63) is 99.1 Å². The van der Waals surface area contributed by atoms with Gasteiger partial charge in [0.15, 0.2) is 16.8 Å². The molecule has 0 aliphatic carbocycles. The Bertz CT molecular complexity index is 1270. The second-order valence-corrected chi connectivity index (χ2v) is 8.38. The number of aryl methyl sites for hydroxylation is 1. The van der Waals surface area contributed by atoms with Crippen molar-refractivity contribution in [2.45, 2.75) is 12.1 Å². The number of carbonyl (C=O) groups is 1. The Morgan fingerprint density at radius 3 is 2.28 bits per heavy atom. The van der Waals surface area contributed by atoms with Crippen molar-refractivity contribution in [3.8, 4) is 17.1 Å². The minimum absolute atomic E-state index is 0.0561. The Labute approximate surface area is 193 Å². The van der Waals surface area contributed by atoms with E-state index < -0.39 is 4.92 Å². The first-order valence-corrected chi connectivity index (χ1v) is 11.0. The number of halogens is 1. The third-order valence-electron chi connectivity index (χ3n) is 4.76. The number of nitro groups is 1. The van der Waals surface area contributed by atoms with Gasteiger partial charge in [-0.05, 0) is 43.3 Å². The van der Waals surface area contributed by atoms with Gasteiger partial charge >= 0.3 is 0 Å². The Hall–Kier alpha value is -3.49. The van der Waals surface area contributed by atoms with Crippen LogP contribution in [0.25, 0.3) is 17.1 Å². The van der Waals surface area contributed by atoms with Gasteiger partial charge in [-0.25, -0.2) is 0 Å². The fourth-order valence-electron chi connectivity index (χ4n) is 3.06. The third-order valence-corrected chi connectivity index (χ3v) is 5.94. The molecule has 0 amide bonds. The summed E-state index contributed by atoms with van der Waals surface area (Å²) in [7, 11) is 0. The normalized spacial score (nSPS) is 10.8. The minimum atomic E-state index is -0.496. The van der Waals surface area contributed by atoms with Gasteiger partial charge in [0, 0.05) is 34.0 Å².